The van der Waals surface area contributed by atoms with Crippen LogP contribution in [0.15, 0.2) is 24.3 Å². The standard InChI is InChI=1S/C15H11FN2OS/c16-12-5-4-11(6-10(12)8-17)18-15(19)14-7-9-2-1-3-13(9)20-14/h4-7H,1-3H2,(H,18,19). The zero-order chi connectivity index (χ0) is 14.1. The Kier molecular flexibility index (Phi) is 3.25. The Morgan fingerprint density at radius 3 is 2.95 bits per heavy atom. The van der Waals surface area contributed by atoms with Crippen LogP contribution < -0.4 is 5.32 Å². The molecule has 1 aliphatic carbocycles. The second-order valence-corrected chi connectivity index (χ2v) is 5.81. The lowest BCUT2D eigenvalue weighted by atomic mass is 10.2. The Labute approximate surface area is 119 Å². The minimum Gasteiger partial charge on any atom is -0.321 e. The van der Waals surface area contributed by atoms with E-state index in [2.05, 4.69) is 5.32 Å². The van der Waals surface area contributed by atoms with E-state index in [1.165, 1.54) is 40.0 Å². The Bertz CT molecular complexity index is 708. The fourth-order valence-corrected chi connectivity index (χ4v) is 3.47. The van der Waals surface area contributed by atoms with Crippen molar-refractivity contribution in [1.29, 1.82) is 5.26 Å². The van der Waals surface area contributed by atoms with Crippen LogP contribution in [0, 0.1) is 17.1 Å². The summed E-state index contributed by atoms with van der Waals surface area (Å²) >= 11 is 1.51. The van der Waals surface area contributed by atoms with Crippen LogP contribution in [0.1, 0.15) is 32.1 Å². The van der Waals surface area contributed by atoms with Crippen molar-refractivity contribution in [2.75, 3.05) is 5.32 Å². The molecule has 2 aromatic rings. The smallest absolute Gasteiger partial charge is 0.265 e. The number of carbonyl (C=O) groups is 1. The first kappa shape index (κ1) is 12.8. The molecule has 5 heteroatoms. The Morgan fingerprint density at radius 1 is 1.35 bits per heavy atom. The van der Waals surface area contributed by atoms with Gasteiger partial charge < -0.3 is 5.32 Å². The van der Waals surface area contributed by atoms with E-state index in [0.29, 0.717) is 10.6 Å². The third kappa shape index (κ3) is 2.30. The highest BCUT2D eigenvalue weighted by atomic mass is 32.1. The molecular formula is C15H11FN2OS. The Balaban J connectivity index is 1.80. The average Bonchev–Trinajstić information content (AvgIpc) is 3.01. The summed E-state index contributed by atoms with van der Waals surface area (Å²) in [6.07, 6.45) is 3.24. The molecule has 0 saturated carbocycles. The number of hydrogen-bond acceptors (Lipinski definition) is 3. The summed E-state index contributed by atoms with van der Waals surface area (Å²) < 4.78 is 13.2. The molecule has 1 amide bonds. The Hall–Kier alpha value is -2.19. The van der Waals surface area contributed by atoms with Crippen LogP contribution in [0.5, 0.6) is 0 Å². The Morgan fingerprint density at radius 2 is 2.20 bits per heavy atom. The zero-order valence-electron chi connectivity index (χ0n) is 10.6. The molecule has 0 saturated heterocycles. The third-order valence-corrected chi connectivity index (χ3v) is 4.55. The molecule has 100 valence electrons. The number of thiophene rings is 1. The maximum Gasteiger partial charge on any atom is 0.265 e. The molecule has 0 spiro atoms. The van der Waals surface area contributed by atoms with Crippen molar-refractivity contribution < 1.29 is 9.18 Å². The molecule has 1 aromatic carbocycles. The van der Waals surface area contributed by atoms with Gasteiger partial charge in [-0.3, -0.25) is 4.79 Å². The summed E-state index contributed by atoms with van der Waals surface area (Å²) in [5.74, 6) is -0.791. The predicted octanol–water partition coefficient (Wildman–Crippen LogP) is 3.50. The number of anilines is 1. The van der Waals surface area contributed by atoms with Gasteiger partial charge in [-0.2, -0.15) is 5.26 Å². The van der Waals surface area contributed by atoms with Gasteiger partial charge in [-0.25, -0.2) is 4.39 Å². The van der Waals surface area contributed by atoms with E-state index in [4.69, 9.17) is 5.26 Å². The normalized spacial score (nSPS) is 12.8. The molecule has 0 aliphatic heterocycles. The van der Waals surface area contributed by atoms with E-state index < -0.39 is 5.82 Å². The molecule has 1 N–H and O–H groups in total. The van der Waals surface area contributed by atoms with Crippen LogP contribution in [0.4, 0.5) is 10.1 Å². The monoisotopic (exact) mass is 286 g/mol. The lowest BCUT2D eigenvalue weighted by Gasteiger charge is -2.04. The summed E-state index contributed by atoms with van der Waals surface area (Å²) in [5, 5.41) is 11.5. The number of nitriles is 1. The number of nitrogens with one attached hydrogen (secondary N) is 1. The summed E-state index contributed by atoms with van der Waals surface area (Å²) in [4.78, 5) is 14.1. The molecule has 1 aromatic heterocycles. The van der Waals surface area contributed by atoms with Gasteiger partial charge in [-0.1, -0.05) is 0 Å². The van der Waals surface area contributed by atoms with Crippen LogP contribution >= 0.6 is 11.3 Å². The quantitative estimate of drug-likeness (QED) is 0.918. The maximum atomic E-state index is 13.2. The SMILES string of the molecule is N#Cc1cc(NC(=O)c2cc3c(s2)CCC3)ccc1F. The molecule has 0 fully saturated rings. The fourth-order valence-electron chi connectivity index (χ4n) is 2.32. The highest BCUT2D eigenvalue weighted by molar-refractivity contribution is 7.14. The molecule has 0 radical (unpaired) electrons. The first-order valence-corrected chi connectivity index (χ1v) is 7.11. The molecule has 3 rings (SSSR count). The molecule has 0 bridgehead atoms. The van der Waals surface area contributed by atoms with E-state index in [1.54, 1.807) is 6.07 Å². The number of rotatable bonds is 2. The highest BCUT2D eigenvalue weighted by Gasteiger charge is 2.18. The highest BCUT2D eigenvalue weighted by Crippen LogP contribution is 2.31. The van der Waals surface area contributed by atoms with E-state index in [9.17, 15) is 9.18 Å². The number of carbonyl (C=O) groups excluding carboxylic acids is 1. The van der Waals surface area contributed by atoms with Gasteiger partial charge in [0.2, 0.25) is 0 Å². The van der Waals surface area contributed by atoms with Crippen molar-refractivity contribution in [3.8, 4) is 6.07 Å². The third-order valence-electron chi connectivity index (χ3n) is 3.32. The number of halogens is 1. The zero-order valence-corrected chi connectivity index (χ0v) is 11.4. The number of nitrogens with zero attached hydrogens (tertiary/aromatic N) is 1. The molecule has 1 heterocycles. The number of hydrogen-bond donors (Lipinski definition) is 1. The van der Waals surface area contributed by atoms with Crippen molar-refractivity contribution >= 4 is 22.9 Å². The van der Waals surface area contributed by atoms with Crippen LogP contribution in [0.3, 0.4) is 0 Å². The van der Waals surface area contributed by atoms with Crippen molar-refractivity contribution in [1.82, 2.24) is 0 Å². The van der Waals surface area contributed by atoms with Crippen LogP contribution in [-0.4, -0.2) is 5.91 Å². The van der Waals surface area contributed by atoms with Gasteiger partial charge in [0.25, 0.3) is 5.91 Å². The predicted molar refractivity (Wildman–Crippen MR) is 75.4 cm³/mol. The molecule has 1 aliphatic rings. The van der Waals surface area contributed by atoms with Gasteiger partial charge in [0.1, 0.15) is 11.9 Å². The summed E-state index contributed by atoms with van der Waals surface area (Å²) in [6, 6.07) is 7.66. The molecule has 3 nitrogen and oxygen atoms in total. The van der Waals surface area contributed by atoms with E-state index in [-0.39, 0.29) is 11.5 Å². The van der Waals surface area contributed by atoms with Crippen molar-refractivity contribution in [3.05, 3.63) is 51.0 Å². The minimum absolute atomic E-state index is 0.0727. The first-order valence-electron chi connectivity index (χ1n) is 6.30. The van der Waals surface area contributed by atoms with Crippen LogP contribution in [0.25, 0.3) is 0 Å². The number of amides is 1. The van der Waals surface area contributed by atoms with Gasteiger partial charge >= 0.3 is 0 Å². The second kappa shape index (κ2) is 5.06. The van der Waals surface area contributed by atoms with Gasteiger partial charge in [0.05, 0.1) is 10.4 Å². The lowest BCUT2D eigenvalue weighted by molar-refractivity contribution is 0.103. The largest absolute Gasteiger partial charge is 0.321 e. The van der Waals surface area contributed by atoms with Crippen molar-refractivity contribution in [2.24, 2.45) is 0 Å². The second-order valence-electron chi connectivity index (χ2n) is 4.67. The minimum atomic E-state index is -0.583. The van der Waals surface area contributed by atoms with E-state index >= 15 is 0 Å². The molecule has 0 atom stereocenters. The van der Waals surface area contributed by atoms with E-state index in [1.807, 2.05) is 6.07 Å². The van der Waals surface area contributed by atoms with Crippen LogP contribution in [-0.2, 0) is 12.8 Å². The molecule has 0 unspecified atom stereocenters. The van der Waals surface area contributed by atoms with Crippen molar-refractivity contribution in [3.63, 3.8) is 0 Å². The first-order chi connectivity index (χ1) is 9.67. The van der Waals surface area contributed by atoms with Gasteiger partial charge in [0.15, 0.2) is 0 Å². The number of benzene rings is 1. The van der Waals surface area contributed by atoms with Crippen molar-refractivity contribution in [2.45, 2.75) is 19.3 Å². The van der Waals surface area contributed by atoms with Crippen LogP contribution in [0.2, 0.25) is 0 Å². The van der Waals surface area contributed by atoms with E-state index in [0.717, 1.165) is 19.3 Å². The summed E-state index contributed by atoms with van der Waals surface area (Å²) in [6.45, 7) is 0. The van der Waals surface area contributed by atoms with Gasteiger partial charge in [0, 0.05) is 10.6 Å². The molecular weight excluding hydrogens is 275 g/mol. The molecule has 20 heavy (non-hydrogen) atoms. The number of aryl methyl sites for hydroxylation is 2. The maximum absolute atomic E-state index is 13.2. The summed E-state index contributed by atoms with van der Waals surface area (Å²) in [7, 11) is 0. The fraction of sp³-hybridized carbons (Fsp3) is 0.200. The average molecular weight is 286 g/mol. The number of fused-ring (bicyclic) bond motifs is 1. The topological polar surface area (TPSA) is 52.9 Å². The van der Waals surface area contributed by atoms with Gasteiger partial charge in [-0.15, -0.1) is 11.3 Å². The lowest BCUT2D eigenvalue weighted by Crippen LogP contribution is -2.10. The van der Waals surface area contributed by atoms with Gasteiger partial charge in [-0.05, 0) is 49.1 Å². The summed E-state index contributed by atoms with van der Waals surface area (Å²) in [5.41, 5.74) is 1.62.